The van der Waals surface area contributed by atoms with Crippen LogP contribution in [-0.4, -0.2) is 76.1 Å². The number of carbonyl (C=O) groups is 1. The maximum absolute atomic E-state index is 12.8. The van der Waals surface area contributed by atoms with Gasteiger partial charge >= 0.3 is 6.01 Å². The first kappa shape index (κ1) is 22.3. The molecule has 0 spiro atoms. The highest BCUT2D eigenvalue weighted by Crippen LogP contribution is 2.33. The topological polar surface area (TPSA) is 109 Å². The van der Waals surface area contributed by atoms with Crippen molar-refractivity contribution < 1.29 is 14.3 Å². The second-order valence-electron chi connectivity index (χ2n) is 8.10. The number of hydrogen-bond donors (Lipinski definition) is 1. The second kappa shape index (κ2) is 9.80. The summed E-state index contributed by atoms with van der Waals surface area (Å²) in [5.41, 5.74) is 1.54. The van der Waals surface area contributed by atoms with E-state index in [9.17, 15) is 4.79 Å². The molecule has 1 N–H and O–H groups in total. The van der Waals surface area contributed by atoms with Gasteiger partial charge in [0.15, 0.2) is 5.52 Å². The highest BCUT2D eigenvalue weighted by atomic mass is 32.1. The van der Waals surface area contributed by atoms with E-state index < -0.39 is 0 Å². The number of benzene rings is 1. The number of aryl methyl sites for hydroxylation is 1. The number of fused-ring (bicyclic) bond motifs is 2. The first-order valence-corrected chi connectivity index (χ1v) is 12.3. The van der Waals surface area contributed by atoms with Gasteiger partial charge in [-0.2, -0.15) is 9.97 Å². The summed E-state index contributed by atoms with van der Waals surface area (Å²) in [5.74, 6) is 1.72. The number of anilines is 1. The van der Waals surface area contributed by atoms with Crippen LogP contribution in [0, 0.1) is 0 Å². The molecule has 3 aromatic heterocycles. The lowest BCUT2D eigenvalue weighted by Gasteiger charge is -2.35. The van der Waals surface area contributed by atoms with Gasteiger partial charge in [0.1, 0.15) is 16.4 Å². The summed E-state index contributed by atoms with van der Waals surface area (Å²) in [6.07, 6.45) is 2.05. The van der Waals surface area contributed by atoms with Crippen molar-refractivity contribution in [1.29, 1.82) is 0 Å². The minimum atomic E-state index is 0.150. The minimum absolute atomic E-state index is 0.150. The van der Waals surface area contributed by atoms with Gasteiger partial charge in [0.2, 0.25) is 5.91 Å². The van der Waals surface area contributed by atoms with E-state index in [1.54, 1.807) is 18.4 Å². The number of hydrogen-bond acceptors (Lipinski definition) is 9. The van der Waals surface area contributed by atoms with E-state index in [0.717, 1.165) is 41.1 Å². The van der Waals surface area contributed by atoms with Gasteiger partial charge in [-0.05, 0) is 31.0 Å². The summed E-state index contributed by atoms with van der Waals surface area (Å²) in [5, 5.41) is 11.7. The zero-order valence-corrected chi connectivity index (χ0v) is 20.1. The highest BCUT2D eigenvalue weighted by Gasteiger charge is 2.24. The number of methoxy groups -OCH3 is 1. The van der Waals surface area contributed by atoms with Crippen molar-refractivity contribution in [2.24, 2.45) is 0 Å². The van der Waals surface area contributed by atoms with Gasteiger partial charge in [-0.3, -0.25) is 9.89 Å². The van der Waals surface area contributed by atoms with Crippen molar-refractivity contribution in [3.63, 3.8) is 0 Å². The predicted octanol–water partition coefficient (Wildman–Crippen LogP) is 3.04. The van der Waals surface area contributed by atoms with E-state index in [4.69, 9.17) is 9.47 Å². The van der Waals surface area contributed by atoms with Crippen molar-refractivity contribution in [2.45, 2.75) is 26.2 Å². The van der Waals surface area contributed by atoms with E-state index in [1.807, 2.05) is 23.1 Å². The fourth-order valence-corrected chi connectivity index (χ4v) is 5.09. The fourth-order valence-electron chi connectivity index (χ4n) is 4.14. The van der Waals surface area contributed by atoms with Crippen LogP contribution < -0.4 is 14.4 Å². The van der Waals surface area contributed by atoms with Crippen molar-refractivity contribution in [1.82, 2.24) is 30.3 Å². The number of ether oxygens (including phenoxy) is 2. The Bertz CT molecular complexity index is 1300. The Hall–Kier alpha value is -3.47. The van der Waals surface area contributed by atoms with Crippen LogP contribution in [0.15, 0.2) is 24.3 Å². The third kappa shape index (κ3) is 4.47. The molecule has 0 saturated carbocycles. The van der Waals surface area contributed by atoms with Crippen LogP contribution in [0.2, 0.25) is 0 Å². The van der Waals surface area contributed by atoms with E-state index in [0.29, 0.717) is 49.8 Å². The average Bonchev–Trinajstić information content (AvgIpc) is 3.53. The largest absolute Gasteiger partial charge is 0.491 e. The molecule has 0 bridgehead atoms. The Labute approximate surface area is 200 Å². The van der Waals surface area contributed by atoms with Gasteiger partial charge in [0, 0.05) is 37.5 Å². The molecule has 34 heavy (non-hydrogen) atoms. The molecule has 1 fully saturated rings. The number of amides is 1. The number of nitrogens with zero attached hydrogens (tertiary/aromatic N) is 6. The van der Waals surface area contributed by atoms with Gasteiger partial charge in [0.25, 0.3) is 0 Å². The Morgan fingerprint density at radius 2 is 2.06 bits per heavy atom. The van der Waals surface area contributed by atoms with Crippen molar-refractivity contribution in [3.05, 3.63) is 29.1 Å². The molecule has 1 aliphatic rings. The summed E-state index contributed by atoms with van der Waals surface area (Å²) in [7, 11) is 1.59. The predicted molar refractivity (Wildman–Crippen MR) is 131 cm³/mol. The van der Waals surface area contributed by atoms with E-state index in [1.165, 1.54) is 4.88 Å². The standard InChI is InChI=1S/C23H27N7O3S/c1-3-15-14-16-21(24-23(32-2)25-22(16)34-15)30-11-9-29(10-12-30)19(31)8-5-13-33-18-7-4-6-17-20(18)27-28-26-17/h4,6-7,14H,3,5,8-13H2,1-2H3,(H,26,27,28). The Morgan fingerprint density at radius 3 is 2.85 bits per heavy atom. The number of nitrogens with one attached hydrogen (secondary N) is 1. The molecule has 4 heterocycles. The summed E-state index contributed by atoms with van der Waals surface area (Å²) in [6.45, 7) is 5.37. The Kier molecular flexibility index (Phi) is 6.43. The number of aromatic amines is 1. The first-order valence-electron chi connectivity index (χ1n) is 11.5. The molecular formula is C23H27N7O3S. The highest BCUT2D eigenvalue weighted by molar-refractivity contribution is 7.18. The van der Waals surface area contributed by atoms with E-state index >= 15 is 0 Å². The third-order valence-corrected chi connectivity index (χ3v) is 7.15. The Balaban J connectivity index is 1.15. The first-order chi connectivity index (χ1) is 16.7. The zero-order valence-electron chi connectivity index (χ0n) is 19.3. The van der Waals surface area contributed by atoms with Crippen LogP contribution in [0.25, 0.3) is 21.3 Å². The molecule has 1 aromatic carbocycles. The van der Waals surface area contributed by atoms with Crippen LogP contribution in [0.4, 0.5) is 5.82 Å². The van der Waals surface area contributed by atoms with Gasteiger partial charge in [-0.1, -0.05) is 18.2 Å². The van der Waals surface area contributed by atoms with Crippen LogP contribution >= 0.6 is 11.3 Å². The molecule has 5 rings (SSSR count). The van der Waals surface area contributed by atoms with E-state index in [2.05, 4.69) is 43.3 Å². The number of rotatable bonds is 8. The van der Waals surface area contributed by atoms with Gasteiger partial charge in [-0.25, -0.2) is 0 Å². The number of carbonyl (C=O) groups excluding carboxylic acids is 1. The summed E-state index contributed by atoms with van der Waals surface area (Å²) < 4.78 is 11.2. The molecule has 1 amide bonds. The van der Waals surface area contributed by atoms with Gasteiger partial charge in [-0.15, -0.1) is 16.4 Å². The lowest BCUT2D eigenvalue weighted by molar-refractivity contribution is -0.131. The lowest BCUT2D eigenvalue weighted by atomic mass is 10.2. The van der Waals surface area contributed by atoms with Crippen LogP contribution in [0.1, 0.15) is 24.6 Å². The number of H-pyrrole nitrogens is 1. The number of aromatic nitrogens is 5. The molecule has 1 saturated heterocycles. The van der Waals surface area contributed by atoms with Crippen molar-refractivity contribution >= 4 is 44.3 Å². The number of thiophene rings is 1. The molecule has 0 radical (unpaired) electrons. The maximum atomic E-state index is 12.8. The minimum Gasteiger partial charge on any atom is -0.491 e. The van der Waals surface area contributed by atoms with E-state index in [-0.39, 0.29) is 5.91 Å². The van der Waals surface area contributed by atoms with Crippen LogP contribution in [-0.2, 0) is 11.2 Å². The molecule has 11 heteroatoms. The van der Waals surface area contributed by atoms with Crippen molar-refractivity contribution in [2.75, 3.05) is 44.8 Å². The Morgan fingerprint density at radius 1 is 1.21 bits per heavy atom. The number of piperazine rings is 1. The van der Waals surface area contributed by atoms with Gasteiger partial charge < -0.3 is 19.3 Å². The molecule has 178 valence electrons. The molecule has 0 aliphatic carbocycles. The third-order valence-electron chi connectivity index (χ3n) is 5.98. The van der Waals surface area contributed by atoms with Crippen molar-refractivity contribution in [3.8, 4) is 11.8 Å². The van der Waals surface area contributed by atoms with Crippen LogP contribution in [0.5, 0.6) is 11.8 Å². The summed E-state index contributed by atoms with van der Waals surface area (Å²) in [6, 6.07) is 8.21. The normalized spacial score (nSPS) is 14.2. The molecule has 10 nitrogen and oxygen atoms in total. The lowest BCUT2D eigenvalue weighted by Crippen LogP contribution is -2.49. The monoisotopic (exact) mass is 481 g/mol. The molecule has 0 atom stereocenters. The van der Waals surface area contributed by atoms with Crippen LogP contribution in [0.3, 0.4) is 0 Å². The second-order valence-corrected chi connectivity index (χ2v) is 9.22. The van der Waals surface area contributed by atoms with Gasteiger partial charge in [0.05, 0.1) is 24.6 Å². The quantitative estimate of drug-likeness (QED) is 0.383. The summed E-state index contributed by atoms with van der Waals surface area (Å²) in [4.78, 5) is 28.3. The average molecular weight is 482 g/mol. The molecule has 4 aromatic rings. The SMILES string of the molecule is CCc1cc2c(N3CCN(C(=O)CCCOc4cccc5[nH]nnc45)CC3)nc(OC)nc2s1. The summed E-state index contributed by atoms with van der Waals surface area (Å²) >= 11 is 1.68. The maximum Gasteiger partial charge on any atom is 0.319 e. The fraction of sp³-hybridized carbons (Fsp3) is 0.435. The smallest absolute Gasteiger partial charge is 0.319 e. The zero-order chi connectivity index (χ0) is 23.5. The molecule has 0 unspecified atom stereocenters. The molecule has 1 aliphatic heterocycles. The molecular weight excluding hydrogens is 454 g/mol.